The summed E-state index contributed by atoms with van der Waals surface area (Å²) in [6, 6.07) is 4.04. The van der Waals surface area contributed by atoms with Gasteiger partial charge in [0.05, 0.1) is 5.41 Å². The summed E-state index contributed by atoms with van der Waals surface area (Å²) in [5, 5.41) is 8.25. The van der Waals surface area contributed by atoms with Crippen molar-refractivity contribution in [3.8, 4) is 0 Å². The molecule has 0 unspecified atom stereocenters. The van der Waals surface area contributed by atoms with Gasteiger partial charge >= 0.3 is 5.97 Å². The number of pyridine rings is 1. The van der Waals surface area contributed by atoms with Crippen molar-refractivity contribution in [1.82, 2.24) is 4.98 Å². The first-order valence-corrected chi connectivity index (χ1v) is 6.21. The van der Waals surface area contributed by atoms with Crippen molar-refractivity contribution in [2.24, 2.45) is 11.3 Å². The Bertz CT molecular complexity index is 400. The predicted molar refractivity (Wildman–Crippen MR) is 73.1 cm³/mol. The summed E-state index contributed by atoms with van der Waals surface area (Å²) in [6.45, 7) is 4.99. The molecule has 1 saturated carbocycles. The molecule has 0 amide bonds. The van der Waals surface area contributed by atoms with E-state index < -0.39 is 11.4 Å². The minimum Gasteiger partial charge on any atom is -0.481 e. The second-order valence-corrected chi connectivity index (χ2v) is 5.54. The van der Waals surface area contributed by atoms with Crippen LogP contribution in [-0.4, -0.2) is 16.1 Å². The zero-order valence-electron chi connectivity index (χ0n) is 11.3. The van der Waals surface area contributed by atoms with Gasteiger partial charge in [0.25, 0.3) is 0 Å². The fraction of sp³-hybridized carbons (Fsp3) is 0.467. The van der Waals surface area contributed by atoms with Gasteiger partial charge in [0.15, 0.2) is 0 Å². The van der Waals surface area contributed by atoms with Gasteiger partial charge in [-0.25, -0.2) is 0 Å². The Morgan fingerprint density at radius 3 is 2.44 bits per heavy atom. The number of carboxylic acids is 1. The van der Waals surface area contributed by atoms with Gasteiger partial charge < -0.3 is 5.11 Å². The Kier molecular flexibility index (Phi) is 5.08. The Labute approximate surface area is 109 Å². The zero-order valence-corrected chi connectivity index (χ0v) is 11.3. The molecule has 1 aliphatic rings. The van der Waals surface area contributed by atoms with Crippen molar-refractivity contribution in [3.05, 3.63) is 36.2 Å². The van der Waals surface area contributed by atoms with Gasteiger partial charge in [-0.2, -0.15) is 0 Å². The van der Waals surface area contributed by atoms with Crippen LogP contribution in [0.5, 0.6) is 0 Å². The Morgan fingerprint density at radius 1 is 1.44 bits per heavy atom. The molecular weight excluding hydrogens is 226 g/mol. The number of aromatic nitrogens is 1. The minimum absolute atomic E-state index is 0.583. The fourth-order valence-corrected chi connectivity index (χ4v) is 1.01. The number of carbonyl (C=O) groups is 1. The van der Waals surface area contributed by atoms with Crippen LogP contribution in [0.2, 0.25) is 0 Å². The van der Waals surface area contributed by atoms with Crippen molar-refractivity contribution < 1.29 is 9.90 Å². The highest BCUT2D eigenvalue weighted by atomic mass is 16.4. The molecule has 18 heavy (non-hydrogen) atoms. The number of allylic oxidation sites excluding steroid dienone is 1. The van der Waals surface area contributed by atoms with E-state index in [1.165, 1.54) is 18.4 Å². The highest BCUT2D eigenvalue weighted by molar-refractivity contribution is 5.72. The predicted octanol–water partition coefficient (Wildman–Crippen LogP) is 3.62. The Balaban J connectivity index is 0.000000203. The lowest BCUT2D eigenvalue weighted by Gasteiger charge is -2.08. The standard InChI is InChI=1S/C10H11N.C5H10O2/c1-2-10(8-11-7-1)6-5-9-3-4-9;1-5(2,3)4(6)7/h1-2,5-9H,3-4H2;1-3H3,(H,6,7)/b6-5+;. The zero-order chi connectivity index (χ0) is 13.6. The van der Waals surface area contributed by atoms with Crippen LogP contribution in [0.25, 0.3) is 6.08 Å². The third-order valence-corrected chi connectivity index (χ3v) is 2.51. The molecule has 1 fully saturated rings. The van der Waals surface area contributed by atoms with E-state index >= 15 is 0 Å². The maximum absolute atomic E-state index is 10.0. The van der Waals surface area contributed by atoms with E-state index in [4.69, 9.17) is 5.11 Å². The number of aliphatic carboxylic acids is 1. The first-order chi connectivity index (χ1) is 8.39. The monoisotopic (exact) mass is 247 g/mol. The van der Waals surface area contributed by atoms with Crippen LogP contribution in [0.15, 0.2) is 30.6 Å². The van der Waals surface area contributed by atoms with Crippen LogP contribution < -0.4 is 0 Å². The molecule has 2 rings (SSSR count). The van der Waals surface area contributed by atoms with Gasteiger partial charge in [-0.3, -0.25) is 9.78 Å². The quantitative estimate of drug-likeness (QED) is 0.868. The van der Waals surface area contributed by atoms with E-state index in [1.54, 1.807) is 27.0 Å². The summed E-state index contributed by atoms with van der Waals surface area (Å²) >= 11 is 0. The number of nitrogens with zero attached hydrogens (tertiary/aromatic N) is 1. The molecule has 0 saturated heterocycles. The highest BCUT2D eigenvalue weighted by Crippen LogP contribution is 2.30. The minimum atomic E-state index is -0.757. The lowest BCUT2D eigenvalue weighted by Crippen LogP contribution is -2.18. The first kappa shape index (κ1) is 14.4. The molecule has 0 atom stereocenters. The summed E-state index contributed by atoms with van der Waals surface area (Å²) in [5.74, 6) is 0.0997. The van der Waals surface area contributed by atoms with Crippen molar-refractivity contribution in [1.29, 1.82) is 0 Å². The molecule has 0 aromatic carbocycles. The van der Waals surface area contributed by atoms with Crippen LogP contribution in [0.3, 0.4) is 0 Å². The molecule has 1 aliphatic carbocycles. The van der Waals surface area contributed by atoms with Crippen LogP contribution in [0.4, 0.5) is 0 Å². The van der Waals surface area contributed by atoms with E-state index in [0.717, 1.165) is 5.92 Å². The molecule has 98 valence electrons. The molecule has 1 heterocycles. The summed E-state index contributed by atoms with van der Waals surface area (Å²) in [4.78, 5) is 14.1. The molecule has 3 nitrogen and oxygen atoms in total. The SMILES string of the molecule is C(=C\C1CC1)/c1cccnc1.CC(C)(C)C(=O)O. The van der Waals surface area contributed by atoms with Gasteiger partial charge in [-0.15, -0.1) is 0 Å². The Hall–Kier alpha value is -1.64. The van der Waals surface area contributed by atoms with E-state index in [2.05, 4.69) is 23.2 Å². The fourth-order valence-electron chi connectivity index (χ4n) is 1.01. The lowest BCUT2D eigenvalue weighted by molar-refractivity contribution is -0.145. The van der Waals surface area contributed by atoms with Crippen molar-refractivity contribution in [2.75, 3.05) is 0 Å². The molecule has 1 aromatic heterocycles. The van der Waals surface area contributed by atoms with E-state index in [-0.39, 0.29) is 0 Å². The number of hydrogen-bond donors (Lipinski definition) is 1. The van der Waals surface area contributed by atoms with Gasteiger partial charge in [0.1, 0.15) is 0 Å². The maximum atomic E-state index is 10.0. The molecule has 0 radical (unpaired) electrons. The van der Waals surface area contributed by atoms with E-state index in [1.807, 2.05) is 12.3 Å². The number of hydrogen-bond acceptors (Lipinski definition) is 2. The van der Waals surface area contributed by atoms with Crippen LogP contribution in [0, 0.1) is 11.3 Å². The van der Waals surface area contributed by atoms with Gasteiger partial charge in [-0.05, 0) is 51.2 Å². The molecule has 0 bridgehead atoms. The number of rotatable bonds is 2. The third kappa shape index (κ3) is 6.18. The smallest absolute Gasteiger partial charge is 0.308 e. The van der Waals surface area contributed by atoms with E-state index in [9.17, 15) is 4.79 Å². The van der Waals surface area contributed by atoms with Crippen molar-refractivity contribution in [3.63, 3.8) is 0 Å². The molecule has 3 heteroatoms. The summed E-state index contributed by atoms with van der Waals surface area (Å²) < 4.78 is 0. The average Bonchev–Trinajstić information content (AvgIpc) is 3.11. The van der Waals surface area contributed by atoms with Crippen LogP contribution in [-0.2, 0) is 4.79 Å². The van der Waals surface area contributed by atoms with Crippen LogP contribution >= 0.6 is 0 Å². The third-order valence-electron chi connectivity index (χ3n) is 2.51. The second kappa shape index (κ2) is 6.34. The van der Waals surface area contributed by atoms with Gasteiger partial charge in [0, 0.05) is 12.4 Å². The molecular formula is C15H21NO2. The number of carboxylic acid groups (broad SMARTS) is 1. The molecule has 0 aliphatic heterocycles. The summed E-state index contributed by atoms with van der Waals surface area (Å²) in [6.07, 6.45) is 10.9. The second-order valence-electron chi connectivity index (χ2n) is 5.54. The first-order valence-electron chi connectivity index (χ1n) is 6.21. The molecule has 1 N–H and O–H groups in total. The van der Waals surface area contributed by atoms with Gasteiger partial charge in [-0.1, -0.05) is 18.2 Å². The maximum Gasteiger partial charge on any atom is 0.308 e. The van der Waals surface area contributed by atoms with Gasteiger partial charge in [0.2, 0.25) is 0 Å². The summed E-state index contributed by atoms with van der Waals surface area (Å²) in [5.41, 5.74) is 0.624. The van der Waals surface area contributed by atoms with Crippen molar-refractivity contribution in [2.45, 2.75) is 33.6 Å². The topological polar surface area (TPSA) is 50.2 Å². The van der Waals surface area contributed by atoms with Crippen LogP contribution in [0.1, 0.15) is 39.2 Å². The van der Waals surface area contributed by atoms with Crippen molar-refractivity contribution >= 4 is 12.0 Å². The molecule has 1 aromatic rings. The normalized spacial score (nSPS) is 15.1. The Morgan fingerprint density at radius 2 is 2.06 bits per heavy atom. The summed E-state index contributed by atoms with van der Waals surface area (Å²) in [7, 11) is 0. The largest absolute Gasteiger partial charge is 0.481 e. The molecule has 0 spiro atoms. The van der Waals surface area contributed by atoms with E-state index in [0.29, 0.717) is 0 Å². The highest BCUT2D eigenvalue weighted by Gasteiger charge is 2.18. The lowest BCUT2D eigenvalue weighted by atomic mass is 9.98. The average molecular weight is 247 g/mol.